The van der Waals surface area contributed by atoms with Crippen molar-refractivity contribution in [3.63, 3.8) is 0 Å². The number of alkyl halides is 1. The van der Waals surface area contributed by atoms with Gasteiger partial charge in [-0.05, 0) is 89.0 Å². The summed E-state index contributed by atoms with van der Waals surface area (Å²) in [5, 5.41) is 21.1. The molecular formula is C28H19Br3ClNOS3. The van der Waals surface area contributed by atoms with Gasteiger partial charge in [0, 0.05) is 42.1 Å². The molecule has 3 aromatic carbocycles. The first-order valence-corrected chi connectivity index (χ1v) is 16.3. The topological polar surface area (TPSA) is 44.0 Å². The van der Waals surface area contributed by atoms with Crippen LogP contribution >= 0.6 is 93.4 Å². The third-order valence-corrected chi connectivity index (χ3v) is 10.4. The summed E-state index contributed by atoms with van der Waals surface area (Å²) in [6.45, 7) is 0.136. The number of hydrogen-bond acceptors (Lipinski definition) is 5. The lowest BCUT2D eigenvalue weighted by Gasteiger charge is -1.88. The molecule has 6 aromatic rings. The average Bonchev–Trinajstić information content (AvgIpc) is 3.59. The van der Waals surface area contributed by atoms with Crippen LogP contribution in [0.4, 0.5) is 0 Å². The van der Waals surface area contributed by atoms with Crippen LogP contribution in [0.2, 0.25) is 0 Å². The molecule has 0 bridgehead atoms. The molecule has 2 nitrogen and oxygen atoms in total. The van der Waals surface area contributed by atoms with E-state index < -0.39 is 0 Å². The Bertz CT molecular complexity index is 1620. The Morgan fingerprint density at radius 3 is 1.49 bits per heavy atom. The van der Waals surface area contributed by atoms with Gasteiger partial charge in [-0.3, -0.25) is 0 Å². The molecule has 0 spiro atoms. The molecule has 3 aromatic heterocycles. The largest absolute Gasteiger partial charge is 0.391 e. The molecule has 188 valence electrons. The first kappa shape index (κ1) is 28.7. The number of benzene rings is 3. The first-order chi connectivity index (χ1) is 17.9. The van der Waals surface area contributed by atoms with E-state index in [0.717, 1.165) is 23.2 Å². The van der Waals surface area contributed by atoms with E-state index in [4.69, 9.17) is 22.0 Å². The van der Waals surface area contributed by atoms with Gasteiger partial charge in [0.15, 0.2) is 0 Å². The summed E-state index contributed by atoms with van der Waals surface area (Å²) in [7, 11) is 0. The van der Waals surface area contributed by atoms with Crippen LogP contribution in [0, 0.1) is 11.3 Å². The van der Waals surface area contributed by atoms with Crippen molar-refractivity contribution in [3.05, 3.63) is 101 Å². The van der Waals surface area contributed by atoms with Gasteiger partial charge in [-0.1, -0.05) is 47.8 Å². The fourth-order valence-electron chi connectivity index (χ4n) is 3.52. The van der Waals surface area contributed by atoms with Crippen LogP contribution in [0.5, 0.6) is 0 Å². The van der Waals surface area contributed by atoms with Crippen molar-refractivity contribution in [1.29, 1.82) is 5.26 Å². The Labute approximate surface area is 257 Å². The van der Waals surface area contributed by atoms with Gasteiger partial charge in [-0.2, -0.15) is 5.26 Å². The first-order valence-electron chi connectivity index (χ1n) is 11.0. The van der Waals surface area contributed by atoms with E-state index in [2.05, 4.69) is 108 Å². The SMILES string of the molecule is ClCc1cc2cc(Br)ccc2s1.N#CCc1cc2cc(Br)ccc2s1.OCc1cc2cc(Br)ccc2s1. The van der Waals surface area contributed by atoms with Gasteiger partial charge in [-0.25, -0.2) is 0 Å². The van der Waals surface area contributed by atoms with Crippen LogP contribution in [-0.2, 0) is 18.9 Å². The molecule has 0 saturated carbocycles. The summed E-state index contributed by atoms with van der Waals surface area (Å²) >= 11 is 21.1. The lowest BCUT2D eigenvalue weighted by atomic mass is 10.2. The molecule has 3 heterocycles. The number of rotatable bonds is 3. The molecule has 0 fully saturated rings. The highest BCUT2D eigenvalue weighted by Crippen LogP contribution is 2.30. The van der Waals surface area contributed by atoms with Gasteiger partial charge >= 0.3 is 0 Å². The summed E-state index contributed by atoms with van der Waals surface area (Å²) in [4.78, 5) is 3.38. The Morgan fingerprint density at radius 1 is 0.649 bits per heavy atom. The summed E-state index contributed by atoms with van der Waals surface area (Å²) in [5.41, 5.74) is 0. The van der Waals surface area contributed by atoms with Crippen molar-refractivity contribution in [2.75, 3.05) is 0 Å². The minimum atomic E-state index is 0.136. The third-order valence-electron chi connectivity index (χ3n) is 5.13. The predicted molar refractivity (Wildman–Crippen MR) is 173 cm³/mol. The lowest BCUT2D eigenvalue weighted by molar-refractivity contribution is 0.285. The quantitative estimate of drug-likeness (QED) is 0.183. The van der Waals surface area contributed by atoms with E-state index in [-0.39, 0.29) is 6.61 Å². The second-order valence-corrected chi connectivity index (χ2v) is 14.3. The molecule has 9 heteroatoms. The van der Waals surface area contributed by atoms with E-state index in [1.54, 1.807) is 34.0 Å². The minimum absolute atomic E-state index is 0.136. The maximum absolute atomic E-state index is 8.91. The molecule has 37 heavy (non-hydrogen) atoms. The molecule has 0 aliphatic rings. The summed E-state index contributed by atoms with van der Waals surface area (Å²) < 4.78 is 7.05. The zero-order valence-electron chi connectivity index (χ0n) is 19.2. The van der Waals surface area contributed by atoms with Crippen LogP contribution in [0.25, 0.3) is 30.3 Å². The highest BCUT2D eigenvalue weighted by Gasteiger charge is 2.02. The van der Waals surface area contributed by atoms with Gasteiger partial charge in [0.1, 0.15) is 0 Å². The third kappa shape index (κ3) is 7.87. The molecule has 6 rings (SSSR count). The monoisotopic (exact) mass is 753 g/mol. The Balaban J connectivity index is 0.000000130. The van der Waals surface area contributed by atoms with Crippen molar-refractivity contribution in [2.45, 2.75) is 18.9 Å². The Kier molecular flexibility index (Phi) is 10.6. The molecule has 0 atom stereocenters. The summed E-state index contributed by atoms with van der Waals surface area (Å²) in [6.07, 6.45) is 0.511. The molecule has 0 unspecified atom stereocenters. The van der Waals surface area contributed by atoms with Crippen molar-refractivity contribution >= 4 is 124 Å². The fraction of sp³-hybridized carbons (Fsp3) is 0.107. The Morgan fingerprint density at radius 2 is 1.05 bits per heavy atom. The minimum Gasteiger partial charge on any atom is -0.391 e. The van der Waals surface area contributed by atoms with Gasteiger partial charge in [-0.15, -0.1) is 45.6 Å². The molecule has 0 aliphatic heterocycles. The molecule has 0 aliphatic carbocycles. The second kappa shape index (κ2) is 13.7. The number of thiophene rings is 3. The van der Waals surface area contributed by atoms with E-state index in [9.17, 15) is 0 Å². The smallest absolute Gasteiger partial charge is 0.0774 e. The molecule has 1 N–H and O–H groups in total. The lowest BCUT2D eigenvalue weighted by Crippen LogP contribution is -1.70. The van der Waals surface area contributed by atoms with E-state index in [0.29, 0.717) is 12.3 Å². The van der Waals surface area contributed by atoms with Crippen LogP contribution < -0.4 is 0 Å². The normalized spacial score (nSPS) is 10.6. The fourth-order valence-corrected chi connectivity index (χ4v) is 7.67. The molecule has 0 radical (unpaired) electrons. The van der Waals surface area contributed by atoms with Gasteiger partial charge in [0.05, 0.1) is 25.0 Å². The highest BCUT2D eigenvalue weighted by atomic mass is 79.9. The van der Waals surface area contributed by atoms with Gasteiger partial charge < -0.3 is 5.11 Å². The van der Waals surface area contributed by atoms with Crippen molar-refractivity contribution in [3.8, 4) is 6.07 Å². The van der Waals surface area contributed by atoms with Gasteiger partial charge in [0.2, 0.25) is 0 Å². The summed E-state index contributed by atoms with van der Waals surface area (Å²) in [6, 6.07) is 27.0. The van der Waals surface area contributed by atoms with Crippen molar-refractivity contribution in [2.24, 2.45) is 0 Å². The Hall–Kier alpha value is -1.28. The van der Waals surface area contributed by atoms with E-state index >= 15 is 0 Å². The second-order valence-electron chi connectivity index (χ2n) is 7.81. The number of nitriles is 1. The van der Waals surface area contributed by atoms with Crippen LogP contribution in [-0.4, -0.2) is 5.11 Å². The maximum atomic E-state index is 8.91. The van der Waals surface area contributed by atoms with Crippen molar-refractivity contribution in [1.82, 2.24) is 0 Å². The number of aliphatic hydroxyl groups excluding tert-OH is 1. The number of fused-ring (bicyclic) bond motifs is 3. The van der Waals surface area contributed by atoms with E-state index in [1.165, 1.54) is 35.1 Å². The zero-order valence-corrected chi connectivity index (χ0v) is 27.1. The number of nitrogens with zero attached hydrogens (tertiary/aromatic N) is 1. The molecule has 0 saturated heterocycles. The zero-order chi connectivity index (χ0) is 26.4. The predicted octanol–water partition coefficient (Wildman–Crippen LogP) is 11.3. The molecule has 0 amide bonds. The number of aliphatic hydroxyl groups is 1. The van der Waals surface area contributed by atoms with Gasteiger partial charge in [0.25, 0.3) is 0 Å². The standard InChI is InChI=1S/C10H6BrNS.C9H6BrClS.C9H7BrOS/c11-8-1-2-10-7(5-8)6-9(13-10)3-4-12;2*10-7-1-2-9-6(3-7)4-8(5-11)12-9/h1-2,5-6H,3H2;1-4H,5H2;1-4,11H,5H2. The maximum Gasteiger partial charge on any atom is 0.0774 e. The highest BCUT2D eigenvalue weighted by molar-refractivity contribution is 9.11. The molecular weight excluding hydrogens is 738 g/mol. The van der Waals surface area contributed by atoms with Crippen LogP contribution in [0.15, 0.2) is 86.2 Å². The number of hydrogen-bond donors (Lipinski definition) is 1. The average molecular weight is 757 g/mol. The van der Waals surface area contributed by atoms with E-state index in [1.807, 2.05) is 18.2 Å². The van der Waals surface area contributed by atoms with Crippen molar-refractivity contribution < 1.29 is 5.11 Å². The number of halogens is 4. The van der Waals surface area contributed by atoms with Crippen LogP contribution in [0.1, 0.15) is 14.6 Å². The van der Waals surface area contributed by atoms with Crippen LogP contribution in [0.3, 0.4) is 0 Å². The summed E-state index contributed by atoms with van der Waals surface area (Å²) in [5.74, 6) is 0.608.